The number of carbonyl (C=O) groups excluding carboxylic acids is 2. The maximum Gasteiger partial charge on any atom is 0.433 e. The molecule has 0 aromatic carbocycles. The first kappa shape index (κ1) is 21.2. The van der Waals surface area contributed by atoms with E-state index in [1.165, 1.54) is 4.90 Å². The number of aliphatic hydroxyl groups is 1. The number of amides is 2. The Morgan fingerprint density at radius 2 is 1.94 bits per heavy atom. The van der Waals surface area contributed by atoms with Crippen molar-refractivity contribution >= 4 is 28.9 Å². The number of alkyl halides is 3. The van der Waals surface area contributed by atoms with Crippen molar-refractivity contribution in [3.05, 3.63) is 34.1 Å². The van der Waals surface area contributed by atoms with E-state index in [0.29, 0.717) is 16.0 Å². The summed E-state index contributed by atoms with van der Waals surface area (Å²) in [5.74, 6) is -0.163. The van der Waals surface area contributed by atoms with Gasteiger partial charge in [0, 0.05) is 13.1 Å². The highest BCUT2D eigenvalue weighted by Crippen LogP contribution is 2.53. The SMILES string of the molecule is O=C(c1nn2c(C(F)(F)F)cc(C3CC3)cc2c1Cl)N1CCN([C@H]2C[C@@H]3C[C@@H]3[C@H]2O)C(=O)C1. The van der Waals surface area contributed by atoms with Crippen molar-refractivity contribution in [2.75, 3.05) is 19.6 Å². The molecule has 1 aliphatic heterocycles. The van der Waals surface area contributed by atoms with Crippen LogP contribution in [0.25, 0.3) is 5.52 Å². The Balaban J connectivity index is 1.27. The lowest BCUT2D eigenvalue weighted by molar-refractivity contribution is -0.142. The van der Waals surface area contributed by atoms with Crippen LogP contribution in [-0.2, 0) is 11.0 Å². The van der Waals surface area contributed by atoms with Crippen LogP contribution in [-0.4, -0.2) is 68.1 Å². The lowest BCUT2D eigenvalue weighted by atomic mass is 10.1. The van der Waals surface area contributed by atoms with Crippen molar-refractivity contribution in [1.82, 2.24) is 19.4 Å². The predicted octanol–water partition coefficient (Wildman–Crippen LogP) is 2.94. The van der Waals surface area contributed by atoms with Gasteiger partial charge in [0.1, 0.15) is 12.2 Å². The van der Waals surface area contributed by atoms with Crippen LogP contribution in [0.2, 0.25) is 5.02 Å². The highest BCUT2D eigenvalue weighted by Gasteiger charge is 2.55. The average Bonchev–Trinajstić information content (AvgIpc) is 3.68. The zero-order valence-electron chi connectivity index (χ0n) is 17.6. The zero-order valence-corrected chi connectivity index (χ0v) is 18.3. The molecule has 2 aromatic heterocycles. The molecule has 33 heavy (non-hydrogen) atoms. The Morgan fingerprint density at radius 3 is 2.55 bits per heavy atom. The monoisotopic (exact) mass is 482 g/mol. The van der Waals surface area contributed by atoms with Crippen molar-refractivity contribution in [2.24, 2.45) is 11.8 Å². The molecule has 7 nitrogen and oxygen atoms in total. The fourth-order valence-electron chi connectivity index (χ4n) is 5.50. The van der Waals surface area contributed by atoms with Crippen LogP contribution >= 0.6 is 11.6 Å². The first-order chi connectivity index (χ1) is 15.6. The third-order valence-corrected chi connectivity index (χ3v) is 7.91. The molecule has 4 atom stereocenters. The first-order valence-corrected chi connectivity index (χ1v) is 11.6. The summed E-state index contributed by atoms with van der Waals surface area (Å²) in [5.41, 5.74) is -0.696. The van der Waals surface area contributed by atoms with E-state index in [1.807, 2.05) is 0 Å². The lowest BCUT2D eigenvalue weighted by Crippen LogP contribution is -2.57. The molecule has 0 radical (unpaired) electrons. The highest BCUT2D eigenvalue weighted by atomic mass is 35.5. The molecule has 2 aromatic rings. The van der Waals surface area contributed by atoms with Crippen LogP contribution in [0.3, 0.4) is 0 Å². The number of aromatic nitrogens is 2. The summed E-state index contributed by atoms with van der Waals surface area (Å²) < 4.78 is 41.8. The van der Waals surface area contributed by atoms with Crippen molar-refractivity contribution in [2.45, 2.75) is 49.9 Å². The minimum Gasteiger partial charge on any atom is -0.391 e. The Bertz CT molecular complexity index is 1180. The van der Waals surface area contributed by atoms with Gasteiger partial charge in [-0.15, -0.1) is 0 Å². The fraction of sp³-hybridized carbons (Fsp3) is 0.591. The van der Waals surface area contributed by atoms with Gasteiger partial charge in [0.15, 0.2) is 5.69 Å². The summed E-state index contributed by atoms with van der Waals surface area (Å²) >= 11 is 6.37. The van der Waals surface area contributed by atoms with E-state index in [1.54, 1.807) is 11.0 Å². The van der Waals surface area contributed by atoms with Crippen LogP contribution < -0.4 is 0 Å². The van der Waals surface area contributed by atoms with Gasteiger partial charge in [-0.1, -0.05) is 11.6 Å². The van der Waals surface area contributed by atoms with E-state index < -0.39 is 23.9 Å². The third kappa shape index (κ3) is 3.41. The van der Waals surface area contributed by atoms with Crippen LogP contribution in [0.15, 0.2) is 12.1 Å². The fourth-order valence-corrected chi connectivity index (χ4v) is 5.75. The summed E-state index contributed by atoms with van der Waals surface area (Å²) in [5, 5.41) is 14.2. The van der Waals surface area contributed by atoms with Gasteiger partial charge in [-0.25, -0.2) is 4.52 Å². The molecule has 0 unspecified atom stereocenters. The number of hydrogen-bond donors (Lipinski definition) is 1. The van der Waals surface area contributed by atoms with Crippen molar-refractivity contribution in [1.29, 1.82) is 0 Å². The van der Waals surface area contributed by atoms with Crippen molar-refractivity contribution < 1.29 is 27.9 Å². The second kappa shape index (κ2) is 7.09. The number of halogens is 4. The first-order valence-electron chi connectivity index (χ1n) is 11.2. The third-order valence-electron chi connectivity index (χ3n) is 7.54. The summed E-state index contributed by atoms with van der Waals surface area (Å²) in [6, 6.07) is 2.41. The number of fused-ring (bicyclic) bond motifs is 2. The molecular formula is C22H22ClF3N4O3. The maximum absolute atomic E-state index is 13.7. The minimum atomic E-state index is -4.66. The number of nitrogens with zero attached hydrogens (tertiary/aromatic N) is 4. The van der Waals surface area contributed by atoms with E-state index in [0.717, 1.165) is 31.7 Å². The Morgan fingerprint density at radius 1 is 1.18 bits per heavy atom. The van der Waals surface area contributed by atoms with Gasteiger partial charge in [0.2, 0.25) is 5.91 Å². The normalized spacial score (nSPS) is 29.7. The molecule has 3 aliphatic carbocycles. The molecule has 0 spiro atoms. The molecular weight excluding hydrogens is 461 g/mol. The predicted molar refractivity (Wildman–Crippen MR) is 111 cm³/mol. The molecule has 11 heteroatoms. The highest BCUT2D eigenvalue weighted by molar-refractivity contribution is 6.36. The summed E-state index contributed by atoms with van der Waals surface area (Å²) in [7, 11) is 0. The van der Waals surface area contributed by atoms with Crippen LogP contribution in [0, 0.1) is 11.8 Å². The molecule has 1 N–H and O–H groups in total. The largest absolute Gasteiger partial charge is 0.433 e. The molecule has 4 aliphatic rings. The lowest BCUT2D eigenvalue weighted by Gasteiger charge is -2.39. The molecule has 4 fully saturated rings. The second-order valence-electron chi connectivity index (χ2n) is 9.67. The van der Waals surface area contributed by atoms with Gasteiger partial charge < -0.3 is 14.9 Å². The molecule has 2 amide bonds. The number of hydrogen-bond acceptors (Lipinski definition) is 4. The summed E-state index contributed by atoms with van der Waals surface area (Å²) in [6.45, 7) is 0.240. The van der Waals surface area contributed by atoms with Gasteiger partial charge in [-0.05, 0) is 61.1 Å². The molecule has 0 bridgehead atoms. The van der Waals surface area contributed by atoms with Crippen LogP contribution in [0.4, 0.5) is 13.2 Å². The van der Waals surface area contributed by atoms with Crippen molar-refractivity contribution in [3.63, 3.8) is 0 Å². The molecule has 3 heterocycles. The van der Waals surface area contributed by atoms with Crippen molar-refractivity contribution in [3.8, 4) is 0 Å². The Hall–Kier alpha value is -2.33. The standard InChI is InChI=1S/C22H22ClF3N4O3/c23-18-14-6-11(10-1-2-10)8-16(22(24,25)26)30(14)27-19(18)21(33)28-3-4-29(17(31)9-28)15-7-12-5-13(12)20(15)32/h6,8,10,12-13,15,20,32H,1-5,7,9H2/t12-,13-,15-,20+/m0/s1. The molecule has 3 saturated carbocycles. The number of aliphatic hydroxyl groups excluding tert-OH is 1. The van der Waals surface area contributed by atoms with E-state index in [4.69, 9.17) is 11.6 Å². The quantitative estimate of drug-likeness (QED) is 0.729. The second-order valence-corrected chi connectivity index (χ2v) is 10.1. The van der Waals surface area contributed by atoms with E-state index in [9.17, 15) is 27.9 Å². The van der Waals surface area contributed by atoms with Gasteiger partial charge in [-0.3, -0.25) is 9.59 Å². The zero-order chi connectivity index (χ0) is 23.2. The van der Waals surface area contributed by atoms with Gasteiger partial charge in [0.05, 0.1) is 22.7 Å². The van der Waals surface area contributed by atoms with E-state index in [-0.39, 0.29) is 59.7 Å². The molecule has 6 rings (SSSR count). The molecule has 176 valence electrons. The topological polar surface area (TPSA) is 78.2 Å². The van der Waals surface area contributed by atoms with Crippen LogP contribution in [0.1, 0.15) is 53.3 Å². The summed E-state index contributed by atoms with van der Waals surface area (Å²) in [6.07, 6.45) is -1.80. The minimum absolute atomic E-state index is 0.0370. The number of carbonyl (C=O) groups is 2. The Kier molecular flexibility index (Phi) is 4.56. The van der Waals surface area contributed by atoms with Gasteiger partial charge in [0.25, 0.3) is 5.91 Å². The Labute approximate surface area is 192 Å². The number of piperazine rings is 1. The van der Waals surface area contributed by atoms with E-state index >= 15 is 0 Å². The summed E-state index contributed by atoms with van der Waals surface area (Å²) in [4.78, 5) is 28.8. The van der Waals surface area contributed by atoms with Gasteiger partial charge in [-0.2, -0.15) is 18.3 Å². The number of rotatable bonds is 3. The smallest absolute Gasteiger partial charge is 0.391 e. The van der Waals surface area contributed by atoms with E-state index in [2.05, 4.69) is 5.10 Å². The number of pyridine rings is 1. The van der Waals surface area contributed by atoms with Crippen LogP contribution in [0.5, 0.6) is 0 Å². The van der Waals surface area contributed by atoms with Gasteiger partial charge >= 0.3 is 6.18 Å². The maximum atomic E-state index is 13.7. The molecule has 1 saturated heterocycles. The average molecular weight is 483 g/mol.